The summed E-state index contributed by atoms with van der Waals surface area (Å²) in [6, 6.07) is 7.35. The van der Waals surface area contributed by atoms with E-state index in [-0.39, 0.29) is 11.9 Å². The van der Waals surface area contributed by atoms with Crippen LogP contribution in [0.2, 0.25) is 5.02 Å². The maximum absolute atomic E-state index is 12.0. The maximum atomic E-state index is 12.0. The standard InChI is InChI=1S/C15H22ClN3O3S/c1-23(21,22)18-14-5-7-19(8-6-14)11-15(20)17-10-12-3-2-4-13(16)9-12/h2-4,9,14,18H,5-8,10-11H2,1H3,(H,17,20). The lowest BCUT2D eigenvalue weighted by atomic mass is 10.1. The molecular weight excluding hydrogens is 338 g/mol. The second kappa shape index (κ2) is 8.10. The monoisotopic (exact) mass is 359 g/mol. The fourth-order valence-electron chi connectivity index (χ4n) is 2.62. The van der Waals surface area contributed by atoms with E-state index in [1.54, 1.807) is 6.07 Å². The van der Waals surface area contributed by atoms with Crippen molar-refractivity contribution in [3.8, 4) is 0 Å². The molecule has 0 aliphatic carbocycles. The van der Waals surface area contributed by atoms with E-state index in [1.165, 1.54) is 6.26 Å². The van der Waals surface area contributed by atoms with E-state index < -0.39 is 10.0 Å². The van der Waals surface area contributed by atoms with Gasteiger partial charge in [0, 0.05) is 30.7 Å². The number of hydrogen-bond acceptors (Lipinski definition) is 4. The van der Waals surface area contributed by atoms with Crippen molar-refractivity contribution in [3.05, 3.63) is 34.9 Å². The van der Waals surface area contributed by atoms with Gasteiger partial charge in [-0.25, -0.2) is 13.1 Å². The van der Waals surface area contributed by atoms with Crippen LogP contribution in [0, 0.1) is 0 Å². The van der Waals surface area contributed by atoms with Crippen molar-refractivity contribution < 1.29 is 13.2 Å². The van der Waals surface area contributed by atoms with Crippen molar-refractivity contribution in [2.75, 3.05) is 25.9 Å². The molecule has 0 unspecified atom stereocenters. The Morgan fingerprint density at radius 2 is 2.04 bits per heavy atom. The Hall–Kier alpha value is -1.15. The summed E-state index contributed by atoms with van der Waals surface area (Å²) in [7, 11) is -3.17. The molecular formula is C15H22ClN3O3S. The summed E-state index contributed by atoms with van der Waals surface area (Å²) in [5.41, 5.74) is 0.960. The minimum atomic E-state index is -3.17. The van der Waals surface area contributed by atoms with Crippen LogP contribution in [0.3, 0.4) is 0 Å². The van der Waals surface area contributed by atoms with Crippen molar-refractivity contribution in [2.24, 2.45) is 0 Å². The van der Waals surface area contributed by atoms with Gasteiger partial charge in [-0.15, -0.1) is 0 Å². The molecule has 0 bridgehead atoms. The zero-order valence-electron chi connectivity index (χ0n) is 13.1. The van der Waals surface area contributed by atoms with Gasteiger partial charge in [0.05, 0.1) is 12.8 Å². The molecule has 128 valence electrons. The highest BCUT2D eigenvalue weighted by Crippen LogP contribution is 2.12. The number of carbonyl (C=O) groups excluding carboxylic acids is 1. The lowest BCUT2D eigenvalue weighted by Crippen LogP contribution is -2.47. The van der Waals surface area contributed by atoms with Crippen LogP contribution < -0.4 is 10.0 Å². The molecule has 1 fully saturated rings. The molecule has 23 heavy (non-hydrogen) atoms. The first-order chi connectivity index (χ1) is 10.8. The van der Waals surface area contributed by atoms with Crippen molar-refractivity contribution in [2.45, 2.75) is 25.4 Å². The summed E-state index contributed by atoms with van der Waals surface area (Å²) in [5, 5.41) is 3.52. The van der Waals surface area contributed by atoms with Crippen LogP contribution in [-0.4, -0.2) is 51.2 Å². The van der Waals surface area contributed by atoms with Gasteiger partial charge >= 0.3 is 0 Å². The van der Waals surface area contributed by atoms with Crippen molar-refractivity contribution in [1.29, 1.82) is 0 Å². The second-order valence-electron chi connectivity index (χ2n) is 5.85. The van der Waals surface area contributed by atoms with Gasteiger partial charge in [-0.3, -0.25) is 9.69 Å². The van der Waals surface area contributed by atoms with Crippen LogP contribution in [-0.2, 0) is 21.4 Å². The molecule has 1 aromatic rings. The minimum absolute atomic E-state index is 0.0317. The Morgan fingerprint density at radius 1 is 1.35 bits per heavy atom. The molecule has 1 saturated heterocycles. The summed E-state index contributed by atoms with van der Waals surface area (Å²) in [6.45, 7) is 2.19. The van der Waals surface area contributed by atoms with Gasteiger partial charge < -0.3 is 5.32 Å². The van der Waals surface area contributed by atoms with E-state index in [0.717, 1.165) is 5.56 Å². The number of nitrogens with zero attached hydrogens (tertiary/aromatic N) is 1. The Labute approximate surface area is 142 Å². The van der Waals surface area contributed by atoms with Crippen LogP contribution in [0.4, 0.5) is 0 Å². The van der Waals surface area contributed by atoms with E-state index in [2.05, 4.69) is 10.0 Å². The van der Waals surface area contributed by atoms with E-state index in [1.807, 2.05) is 23.1 Å². The highest BCUT2D eigenvalue weighted by Gasteiger charge is 2.22. The van der Waals surface area contributed by atoms with Gasteiger partial charge in [-0.1, -0.05) is 23.7 Å². The molecule has 1 amide bonds. The number of amides is 1. The molecule has 2 rings (SSSR count). The predicted octanol–water partition coefficient (Wildman–Crippen LogP) is 0.970. The predicted molar refractivity (Wildman–Crippen MR) is 90.7 cm³/mol. The molecule has 1 heterocycles. The number of likely N-dealkylation sites (tertiary alicyclic amines) is 1. The van der Waals surface area contributed by atoms with E-state index >= 15 is 0 Å². The second-order valence-corrected chi connectivity index (χ2v) is 8.06. The van der Waals surface area contributed by atoms with Crippen LogP contribution >= 0.6 is 11.6 Å². The molecule has 1 aliphatic rings. The molecule has 2 N–H and O–H groups in total. The molecule has 0 radical (unpaired) electrons. The van der Waals surface area contributed by atoms with Crippen LogP contribution in [0.5, 0.6) is 0 Å². The molecule has 0 spiro atoms. The average molecular weight is 360 g/mol. The maximum Gasteiger partial charge on any atom is 0.234 e. The Kier molecular flexibility index (Phi) is 6.41. The molecule has 0 atom stereocenters. The Morgan fingerprint density at radius 3 is 2.65 bits per heavy atom. The van der Waals surface area contributed by atoms with Crippen molar-refractivity contribution in [1.82, 2.24) is 14.9 Å². The highest BCUT2D eigenvalue weighted by atomic mass is 35.5. The first-order valence-electron chi connectivity index (χ1n) is 7.52. The zero-order valence-corrected chi connectivity index (χ0v) is 14.7. The number of nitrogens with one attached hydrogen (secondary N) is 2. The molecule has 1 aliphatic heterocycles. The summed E-state index contributed by atoms with van der Waals surface area (Å²) < 4.78 is 25.0. The number of carbonyl (C=O) groups is 1. The van der Waals surface area contributed by atoms with Crippen LogP contribution in [0.25, 0.3) is 0 Å². The van der Waals surface area contributed by atoms with Crippen molar-refractivity contribution in [3.63, 3.8) is 0 Å². The molecule has 0 aromatic heterocycles. The lowest BCUT2D eigenvalue weighted by molar-refractivity contribution is -0.122. The smallest absolute Gasteiger partial charge is 0.234 e. The minimum Gasteiger partial charge on any atom is -0.351 e. The summed E-state index contributed by atoms with van der Waals surface area (Å²) in [6.07, 6.45) is 2.60. The number of halogens is 1. The topological polar surface area (TPSA) is 78.5 Å². The summed E-state index contributed by atoms with van der Waals surface area (Å²) >= 11 is 5.91. The van der Waals surface area contributed by atoms with Gasteiger partial charge in [0.1, 0.15) is 0 Å². The van der Waals surface area contributed by atoms with Crippen molar-refractivity contribution >= 4 is 27.5 Å². The van der Waals surface area contributed by atoms with E-state index in [4.69, 9.17) is 11.6 Å². The average Bonchev–Trinajstić information content (AvgIpc) is 2.46. The number of sulfonamides is 1. The van der Waals surface area contributed by atoms with Gasteiger partial charge in [-0.2, -0.15) is 0 Å². The first kappa shape index (κ1) is 18.2. The fraction of sp³-hybridized carbons (Fsp3) is 0.533. The highest BCUT2D eigenvalue weighted by molar-refractivity contribution is 7.88. The lowest BCUT2D eigenvalue weighted by Gasteiger charge is -2.31. The van der Waals surface area contributed by atoms with E-state index in [9.17, 15) is 13.2 Å². The fourth-order valence-corrected chi connectivity index (χ4v) is 3.67. The number of hydrogen-bond donors (Lipinski definition) is 2. The molecule has 8 heteroatoms. The van der Waals surface area contributed by atoms with E-state index in [0.29, 0.717) is 44.0 Å². The summed E-state index contributed by atoms with van der Waals surface area (Å²) in [5.74, 6) is -0.0421. The number of piperidine rings is 1. The third-order valence-electron chi connectivity index (χ3n) is 3.71. The van der Waals surface area contributed by atoms with Crippen LogP contribution in [0.1, 0.15) is 18.4 Å². The molecule has 6 nitrogen and oxygen atoms in total. The normalized spacial score (nSPS) is 17.1. The van der Waals surface area contributed by atoms with Crippen LogP contribution in [0.15, 0.2) is 24.3 Å². The Balaban J connectivity index is 1.70. The van der Waals surface area contributed by atoms with Gasteiger partial charge in [0.2, 0.25) is 15.9 Å². The SMILES string of the molecule is CS(=O)(=O)NC1CCN(CC(=O)NCc2cccc(Cl)c2)CC1. The third kappa shape index (κ3) is 6.87. The number of rotatable bonds is 6. The quantitative estimate of drug-likeness (QED) is 0.793. The van der Waals surface area contributed by atoms with Gasteiger partial charge in [0.25, 0.3) is 0 Å². The summed E-state index contributed by atoms with van der Waals surface area (Å²) in [4.78, 5) is 14.0. The zero-order chi connectivity index (χ0) is 16.9. The first-order valence-corrected chi connectivity index (χ1v) is 9.79. The number of benzene rings is 1. The third-order valence-corrected chi connectivity index (χ3v) is 4.71. The molecule has 1 aromatic carbocycles. The Bertz CT molecular complexity index is 643. The largest absolute Gasteiger partial charge is 0.351 e. The van der Waals surface area contributed by atoms with Gasteiger partial charge in [-0.05, 0) is 30.5 Å². The molecule has 0 saturated carbocycles. The van der Waals surface area contributed by atoms with Gasteiger partial charge in [0.15, 0.2) is 0 Å².